The minimum atomic E-state index is -0.532. The summed E-state index contributed by atoms with van der Waals surface area (Å²) in [5.41, 5.74) is 0.710. The lowest BCUT2D eigenvalue weighted by atomic mass is 9.89. The van der Waals surface area contributed by atoms with Crippen molar-refractivity contribution in [1.82, 2.24) is 0 Å². The van der Waals surface area contributed by atoms with Crippen LogP contribution in [0.2, 0.25) is 0 Å². The van der Waals surface area contributed by atoms with Crippen molar-refractivity contribution in [2.45, 2.75) is 13.8 Å². The fourth-order valence-corrected chi connectivity index (χ4v) is 2.16. The molecule has 0 bridgehead atoms. The molecule has 5 heteroatoms. The summed E-state index contributed by atoms with van der Waals surface area (Å²) in [5, 5.41) is 0. The summed E-state index contributed by atoms with van der Waals surface area (Å²) in [5.74, 6) is -1.00. The largest absolute Gasteiger partial charge is 0.426 e. The molecule has 0 aromatic heterocycles. The molecule has 0 unspecified atom stereocenters. The number of esters is 1. The number of rotatable bonds is 1. The molecule has 2 rings (SSSR count). The van der Waals surface area contributed by atoms with Gasteiger partial charge in [0.2, 0.25) is 5.78 Å². The van der Waals surface area contributed by atoms with E-state index in [9.17, 15) is 14.4 Å². The van der Waals surface area contributed by atoms with Crippen LogP contribution in [0.25, 0.3) is 0 Å². The molecule has 1 aliphatic carbocycles. The van der Waals surface area contributed by atoms with Gasteiger partial charge >= 0.3 is 5.97 Å². The minimum absolute atomic E-state index is 0.123. The van der Waals surface area contributed by atoms with Crippen molar-refractivity contribution in [3.05, 3.63) is 39.4 Å². The number of hydrogen-bond donors (Lipinski definition) is 0. The Labute approximate surface area is 112 Å². The number of halogens is 1. The number of ether oxygens (including phenoxy) is 1. The Morgan fingerprint density at radius 2 is 1.89 bits per heavy atom. The first-order valence-electron chi connectivity index (χ1n) is 5.20. The second-order valence-corrected chi connectivity index (χ2v) is 4.66. The number of Topliss-reactive ketones (excluding diaryl/α,β-unsaturated/α-hetero) is 2. The third-order valence-corrected chi connectivity index (χ3v) is 3.58. The van der Waals surface area contributed by atoms with Crippen molar-refractivity contribution in [3.8, 4) is 5.75 Å². The highest BCUT2D eigenvalue weighted by Gasteiger charge is 2.31. The van der Waals surface area contributed by atoms with E-state index in [2.05, 4.69) is 15.9 Å². The highest BCUT2D eigenvalue weighted by molar-refractivity contribution is 9.12. The lowest BCUT2D eigenvalue weighted by Gasteiger charge is -2.17. The average molecular weight is 309 g/mol. The van der Waals surface area contributed by atoms with Gasteiger partial charge in [0.1, 0.15) is 5.75 Å². The van der Waals surface area contributed by atoms with Crippen LogP contribution in [0.15, 0.2) is 28.3 Å². The molecule has 18 heavy (non-hydrogen) atoms. The molecule has 0 heterocycles. The molecule has 0 spiro atoms. The third-order valence-electron chi connectivity index (χ3n) is 2.62. The van der Waals surface area contributed by atoms with Gasteiger partial charge in [-0.1, -0.05) is 6.07 Å². The smallest absolute Gasteiger partial charge is 0.308 e. The van der Waals surface area contributed by atoms with Crippen LogP contribution >= 0.6 is 15.9 Å². The van der Waals surface area contributed by atoms with Crippen molar-refractivity contribution in [2.24, 2.45) is 0 Å². The molecule has 4 nitrogen and oxygen atoms in total. The minimum Gasteiger partial charge on any atom is -0.426 e. The molecule has 0 N–H and O–H groups in total. The van der Waals surface area contributed by atoms with Crippen LogP contribution in [0.5, 0.6) is 5.75 Å². The maximum absolute atomic E-state index is 12.1. The first-order chi connectivity index (χ1) is 8.43. The van der Waals surface area contributed by atoms with Crippen molar-refractivity contribution < 1.29 is 19.1 Å². The van der Waals surface area contributed by atoms with Gasteiger partial charge < -0.3 is 4.74 Å². The van der Waals surface area contributed by atoms with E-state index in [1.807, 2.05) is 0 Å². The summed E-state index contributed by atoms with van der Waals surface area (Å²) in [6.07, 6.45) is 0. The van der Waals surface area contributed by atoms with Crippen molar-refractivity contribution in [3.63, 3.8) is 0 Å². The number of hydrogen-bond acceptors (Lipinski definition) is 4. The van der Waals surface area contributed by atoms with Gasteiger partial charge in [-0.05, 0) is 35.0 Å². The van der Waals surface area contributed by atoms with Crippen molar-refractivity contribution in [1.29, 1.82) is 0 Å². The fraction of sp³-hybridized carbons (Fsp3) is 0.154. The topological polar surface area (TPSA) is 60.4 Å². The molecule has 1 aliphatic rings. The lowest BCUT2D eigenvalue weighted by Crippen LogP contribution is -2.20. The van der Waals surface area contributed by atoms with Crippen molar-refractivity contribution in [2.75, 3.05) is 0 Å². The van der Waals surface area contributed by atoms with E-state index < -0.39 is 5.97 Å². The van der Waals surface area contributed by atoms with E-state index in [0.29, 0.717) is 5.57 Å². The summed E-state index contributed by atoms with van der Waals surface area (Å²) in [4.78, 5) is 35.1. The summed E-state index contributed by atoms with van der Waals surface area (Å²) in [6, 6.07) is 4.61. The SMILES string of the molecule is CC(=O)Oc1cccc2c1C(=O)C(C)=C(Br)C2=O. The summed E-state index contributed by atoms with van der Waals surface area (Å²) in [7, 11) is 0. The Kier molecular flexibility index (Phi) is 3.17. The summed E-state index contributed by atoms with van der Waals surface area (Å²) in [6.45, 7) is 2.80. The van der Waals surface area contributed by atoms with Gasteiger partial charge in [-0.3, -0.25) is 14.4 Å². The molecule has 1 aromatic carbocycles. The first-order valence-corrected chi connectivity index (χ1v) is 6.00. The van der Waals surface area contributed by atoms with Gasteiger partial charge in [0.25, 0.3) is 0 Å². The second-order valence-electron chi connectivity index (χ2n) is 3.87. The van der Waals surface area contributed by atoms with Crippen molar-refractivity contribution >= 4 is 33.5 Å². The van der Waals surface area contributed by atoms with Crippen LogP contribution in [-0.2, 0) is 4.79 Å². The number of ketones is 2. The van der Waals surface area contributed by atoms with E-state index >= 15 is 0 Å². The number of fused-ring (bicyclic) bond motifs is 1. The van der Waals surface area contributed by atoms with Crippen LogP contribution in [0.4, 0.5) is 0 Å². The van der Waals surface area contributed by atoms with Gasteiger partial charge in [0.15, 0.2) is 5.78 Å². The van der Waals surface area contributed by atoms with Crippen LogP contribution in [0.1, 0.15) is 34.6 Å². The molecule has 0 amide bonds. The fourth-order valence-electron chi connectivity index (χ4n) is 1.77. The maximum atomic E-state index is 12.1. The lowest BCUT2D eigenvalue weighted by molar-refractivity contribution is -0.131. The zero-order valence-corrected chi connectivity index (χ0v) is 11.3. The molecule has 0 fully saturated rings. The van der Waals surface area contributed by atoms with Crippen LogP contribution < -0.4 is 4.74 Å². The Morgan fingerprint density at radius 3 is 2.50 bits per heavy atom. The Hall–Kier alpha value is -1.75. The van der Waals surface area contributed by atoms with Gasteiger partial charge in [0, 0.05) is 18.1 Å². The average Bonchev–Trinajstić information content (AvgIpc) is 2.32. The standard InChI is InChI=1S/C13H9BrO4/c1-6-11(14)13(17)8-4-3-5-9(18-7(2)15)10(8)12(6)16/h3-5H,1-2H3. The van der Waals surface area contributed by atoms with Crippen LogP contribution in [0.3, 0.4) is 0 Å². The molecule has 92 valence electrons. The Bertz CT molecular complexity index is 613. The molecule has 0 saturated carbocycles. The van der Waals surface area contributed by atoms with Crippen LogP contribution in [-0.4, -0.2) is 17.5 Å². The highest BCUT2D eigenvalue weighted by atomic mass is 79.9. The predicted molar refractivity (Wildman–Crippen MR) is 68.0 cm³/mol. The molecule has 0 atom stereocenters. The van der Waals surface area contributed by atoms with Gasteiger partial charge in [0.05, 0.1) is 10.0 Å². The van der Waals surface area contributed by atoms with E-state index in [-0.39, 0.29) is 32.9 Å². The molecular weight excluding hydrogens is 300 g/mol. The molecule has 0 radical (unpaired) electrons. The van der Waals surface area contributed by atoms with Gasteiger partial charge in [-0.25, -0.2) is 0 Å². The maximum Gasteiger partial charge on any atom is 0.308 e. The van der Waals surface area contributed by atoms with Gasteiger partial charge in [-0.2, -0.15) is 0 Å². The van der Waals surface area contributed by atoms with Gasteiger partial charge in [-0.15, -0.1) is 0 Å². The Morgan fingerprint density at radius 1 is 1.22 bits per heavy atom. The second kappa shape index (κ2) is 4.49. The highest BCUT2D eigenvalue weighted by Crippen LogP contribution is 2.34. The number of carbonyl (C=O) groups excluding carboxylic acids is 3. The molecule has 0 saturated heterocycles. The summed E-state index contributed by atoms with van der Waals surface area (Å²) >= 11 is 3.11. The van der Waals surface area contributed by atoms with E-state index in [0.717, 1.165) is 0 Å². The molecule has 0 aliphatic heterocycles. The predicted octanol–water partition coefficient (Wildman–Crippen LogP) is 2.66. The number of carbonyl (C=O) groups is 3. The molecular formula is C13H9BrO4. The third kappa shape index (κ3) is 1.90. The van der Waals surface area contributed by atoms with E-state index in [4.69, 9.17) is 4.74 Å². The quantitative estimate of drug-likeness (QED) is 0.591. The van der Waals surface area contributed by atoms with Crippen LogP contribution in [0, 0.1) is 0 Å². The normalized spacial score (nSPS) is 14.6. The Balaban J connectivity index is 2.67. The van der Waals surface area contributed by atoms with E-state index in [1.165, 1.54) is 19.1 Å². The number of benzene rings is 1. The number of allylic oxidation sites excluding steroid dienone is 2. The van der Waals surface area contributed by atoms with E-state index in [1.54, 1.807) is 13.0 Å². The summed E-state index contributed by atoms with van der Waals surface area (Å²) < 4.78 is 5.22. The first kappa shape index (κ1) is 12.7. The molecule has 1 aromatic rings. The zero-order chi connectivity index (χ0) is 13.4. The monoisotopic (exact) mass is 308 g/mol. The zero-order valence-electron chi connectivity index (χ0n) is 9.74.